The molecule has 1 heterocycles. The molecule has 0 spiro atoms. The monoisotopic (exact) mass is 334 g/mol. The lowest BCUT2D eigenvalue weighted by atomic mass is 10.1. The first kappa shape index (κ1) is 18.7. The van der Waals surface area contributed by atoms with Crippen LogP contribution in [0.15, 0.2) is 24.3 Å². The molecule has 0 bridgehead atoms. The lowest BCUT2D eigenvalue weighted by Gasteiger charge is -2.34. The first-order valence-electron chi connectivity index (χ1n) is 8.67. The number of nitrogens with one attached hydrogen (secondary N) is 1. The predicted molar refractivity (Wildman–Crippen MR) is 96.2 cm³/mol. The molecular formula is C19H30N2O3. The van der Waals surface area contributed by atoms with Crippen molar-refractivity contribution in [2.45, 2.75) is 58.9 Å². The summed E-state index contributed by atoms with van der Waals surface area (Å²) in [5, 5.41) is 3.28. The number of benzene rings is 1. The molecule has 1 aliphatic heterocycles. The van der Waals surface area contributed by atoms with Crippen LogP contribution in [0, 0.1) is 0 Å². The fourth-order valence-corrected chi connectivity index (χ4v) is 2.74. The molecule has 134 valence electrons. The Hall–Kier alpha value is -1.59. The summed E-state index contributed by atoms with van der Waals surface area (Å²) < 4.78 is 11.0. The van der Waals surface area contributed by atoms with Crippen LogP contribution in [0.25, 0.3) is 0 Å². The molecule has 0 saturated carbocycles. The van der Waals surface area contributed by atoms with Crippen LogP contribution in [-0.4, -0.2) is 43.4 Å². The van der Waals surface area contributed by atoms with Crippen molar-refractivity contribution in [3.8, 4) is 0 Å². The van der Waals surface area contributed by atoms with Gasteiger partial charge in [0.2, 0.25) is 0 Å². The van der Waals surface area contributed by atoms with Gasteiger partial charge in [0.25, 0.3) is 0 Å². The molecule has 1 aromatic carbocycles. The van der Waals surface area contributed by atoms with Crippen molar-refractivity contribution in [2.75, 3.05) is 24.6 Å². The summed E-state index contributed by atoms with van der Waals surface area (Å²) in [7, 11) is 0. The predicted octanol–water partition coefficient (Wildman–Crippen LogP) is 2.73. The van der Waals surface area contributed by atoms with E-state index in [4.69, 9.17) is 9.47 Å². The average Bonchev–Trinajstić information content (AvgIpc) is 2.51. The first-order valence-corrected chi connectivity index (χ1v) is 8.67. The Morgan fingerprint density at radius 3 is 2.79 bits per heavy atom. The molecule has 1 aliphatic rings. The zero-order valence-corrected chi connectivity index (χ0v) is 15.5. The maximum absolute atomic E-state index is 12.1. The molecule has 24 heavy (non-hydrogen) atoms. The van der Waals surface area contributed by atoms with Gasteiger partial charge in [-0.05, 0) is 46.2 Å². The molecule has 0 unspecified atom stereocenters. The highest BCUT2D eigenvalue weighted by atomic mass is 16.6. The highest BCUT2D eigenvalue weighted by Gasteiger charge is 2.22. The Kier molecular flexibility index (Phi) is 6.24. The normalized spacial score (nSPS) is 19.9. The number of morpholine rings is 1. The number of hydrogen-bond acceptors (Lipinski definition) is 5. The minimum atomic E-state index is -0.463. The number of para-hydroxylation sites is 1. The van der Waals surface area contributed by atoms with E-state index in [0.717, 1.165) is 19.7 Å². The summed E-state index contributed by atoms with van der Waals surface area (Å²) >= 11 is 0. The molecule has 2 rings (SSSR count). The SMILES string of the molecule is C[C@H](NCc1ccccc1N1CCO[C@@H](C)C1)C(=O)OC(C)(C)C. The van der Waals surface area contributed by atoms with Crippen molar-refractivity contribution in [2.24, 2.45) is 0 Å². The van der Waals surface area contributed by atoms with Crippen molar-refractivity contribution in [1.82, 2.24) is 5.32 Å². The Morgan fingerprint density at radius 2 is 2.12 bits per heavy atom. The number of hydrogen-bond donors (Lipinski definition) is 1. The highest BCUT2D eigenvalue weighted by Crippen LogP contribution is 2.23. The summed E-state index contributed by atoms with van der Waals surface area (Å²) in [6.45, 7) is 12.7. The van der Waals surface area contributed by atoms with E-state index in [-0.39, 0.29) is 18.1 Å². The number of nitrogens with zero attached hydrogens (tertiary/aromatic N) is 1. The summed E-state index contributed by atoms with van der Waals surface area (Å²) in [5.74, 6) is -0.222. The molecule has 5 nitrogen and oxygen atoms in total. The topological polar surface area (TPSA) is 50.8 Å². The minimum Gasteiger partial charge on any atom is -0.459 e. The van der Waals surface area contributed by atoms with E-state index in [0.29, 0.717) is 6.54 Å². The van der Waals surface area contributed by atoms with E-state index in [1.54, 1.807) is 0 Å². The van der Waals surface area contributed by atoms with Crippen molar-refractivity contribution >= 4 is 11.7 Å². The van der Waals surface area contributed by atoms with E-state index in [1.807, 2.05) is 33.8 Å². The molecular weight excluding hydrogens is 304 g/mol. The lowest BCUT2D eigenvalue weighted by molar-refractivity contribution is -0.157. The van der Waals surface area contributed by atoms with E-state index >= 15 is 0 Å². The molecule has 1 fully saturated rings. The Bertz CT molecular complexity index is 554. The van der Waals surface area contributed by atoms with Gasteiger partial charge in [0.05, 0.1) is 12.7 Å². The van der Waals surface area contributed by atoms with E-state index < -0.39 is 5.60 Å². The molecule has 0 aromatic heterocycles. The molecule has 1 aromatic rings. The summed E-state index contributed by atoms with van der Waals surface area (Å²) in [6, 6.07) is 7.97. The standard InChI is InChI=1S/C19H30N2O3/c1-14-13-21(10-11-23-14)17-9-7-6-8-16(17)12-20-15(2)18(22)24-19(3,4)5/h6-9,14-15,20H,10-13H2,1-5H3/t14-,15-/m0/s1. The fraction of sp³-hybridized carbons (Fsp3) is 0.632. The fourth-order valence-electron chi connectivity index (χ4n) is 2.74. The van der Waals surface area contributed by atoms with Crippen LogP contribution in [0.5, 0.6) is 0 Å². The van der Waals surface area contributed by atoms with Gasteiger partial charge in [0.1, 0.15) is 11.6 Å². The lowest BCUT2D eigenvalue weighted by Crippen LogP contribution is -2.42. The zero-order chi connectivity index (χ0) is 17.7. The summed E-state index contributed by atoms with van der Waals surface area (Å²) in [5.41, 5.74) is 1.92. The largest absolute Gasteiger partial charge is 0.459 e. The zero-order valence-electron chi connectivity index (χ0n) is 15.5. The smallest absolute Gasteiger partial charge is 0.323 e. The number of anilines is 1. The quantitative estimate of drug-likeness (QED) is 0.839. The van der Waals surface area contributed by atoms with Gasteiger partial charge in [0, 0.05) is 25.3 Å². The van der Waals surface area contributed by atoms with Crippen LogP contribution in [-0.2, 0) is 20.8 Å². The van der Waals surface area contributed by atoms with Gasteiger partial charge < -0.3 is 19.7 Å². The summed E-state index contributed by atoms with van der Waals surface area (Å²) in [4.78, 5) is 14.4. The molecule has 0 aliphatic carbocycles. The number of esters is 1. The number of carbonyl (C=O) groups is 1. The van der Waals surface area contributed by atoms with Crippen molar-refractivity contribution in [3.05, 3.63) is 29.8 Å². The van der Waals surface area contributed by atoms with Gasteiger partial charge in [0.15, 0.2) is 0 Å². The molecule has 0 radical (unpaired) electrons. The van der Waals surface area contributed by atoms with Crippen LogP contribution >= 0.6 is 0 Å². The molecule has 0 amide bonds. The van der Waals surface area contributed by atoms with Gasteiger partial charge in [-0.1, -0.05) is 18.2 Å². The van der Waals surface area contributed by atoms with Crippen LogP contribution in [0.3, 0.4) is 0 Å². The van der Waals surface area contributed by atoms with Crippen molar-refractivity contribution in [3.63, 3.8) is 0 Å². The van der Waals surface area contributed by atoms with E-state index in [1.165, 1.54) is 11.3 Å². The third-order valence-electron chi connectivity index (χ3n) is 3.93. The molecule has 1 N–H and O–H groups in total. The van der Waals surface area contributed by atoms with E-state index in [2.05, 4.69) is 35.3 Å². The second-order valence-corrected chi connectivity index (χ2v) is 7.39. The van der Waals surface area contributed by atoms with Crippen LogP contribution < -0.4 is 10.2 Å². The Labute approximate surface area is 145 Å². The third kappa shape index (κ3) is 5.49. The molecule has 1 saturated heterocycles. The molecule has 5 heteroatoms. The van der Waals surface area contributed by atoms with Crippen LogP contribution in [0.2, 0.25) is 0 Å². The van der Waals surface area contributed by atoms with Gasteiger partial charge in [-0.2, -0.15) is 0 Å². The van der Waals surface area contributed by atoms with Crippen LogP contribution in [0.4, 0.5) is 5.69 Å². The number of carbonyl (C=O) groups excluding carboxylic acids is 1. The average molecular weight is 334 g/mol. The van der Waals surface area contributed by atoms with E-state index in [9.17, 15) is 4.79 Å². The van der Waals surface area contributed by atoms with Gasteiger partial charge >= 0.3 is 5.97 Å². The van der Waals surface area contributed by atoms with Gasteiger partial charge in [-0.25, -0.2) is 0 Å². The molecule has 2 atom stereocenters. The second kappa shape index (κ2) is 7.99. The Balaban J connectivity index is 1.99. The highest BCUT2D eigenvalue weighted by molar-refractivity contribution is 5.75. The van der Waals surface area contributed by atoms with Crippen molar-refractivity contribution in [1.29, 1.82) is 0 Å². The maximum Gasteiger partial charge on any atom is 0.323 e. The Morgan fingerprint density at radius 1 is 1.42 bits per heavy atom. The third-order valence-corrected chi connectivity index (χ3v) is 3.93. The minimum absolute atomic E-state index is 0.222. The number of ether oxygens (including phenoxy) is 2. The summed E-state index contributed by atoms with van der Waals surface area (Å²) in [6.07, 6.45) is 0.237. The second-order valence-electron chi connectivity index (χ2n) is 7.39. The van der Waals surface area contributed by atoms with Gasteiger partial charge in [-0.3, -0.25) is 4.79 Å². The maximum atomic E-state index is 12.1. The van der Waals surface area contributed by atoms with Gasteiger partial charge in [-0.15, -0.1) is 0 Å². The van der Waals surface area contributed by atoms with Crippen LogP contribution in [0.1, 0.15) is 40.2 Å². The number of rotatable bonds is 5. The van der Waals surface area contributed by atoms with Crippen molar-refractivity contribution < 1.29 is 14.3 Å². The first-order chi connectivity index (χ1) is 11.3.